The van der Waals surface area contributed by atoms with Gasteiger partial charge in [-0.2, -0.15) is 0 Å². The molecule has 0 radical (unpaired) electrons. The summed E-state index contributed by atoms with van der Waals surface area (Å²) < 4.78 is 45.0. The molecular formula is C43H66O8Si. The molecule has 0 amide bonds. The average Bonchev–Trinajstić information content (AvgIpc) is 3.10. The summed E-state index contributed by atoms with van der Waals surface area (Å²) in [5.41, 5.74) is 1.96. The smallest absolute Gasteiger partial charge is 0.308 e. The fourth-order valence-corrected chi connectivity index (χ4v) is 14.2. The highest BCUT2D eigenvalue weighted by molar-refractivity contribution is 6.77. The molecule has 0 N–H and O–H groups in total. The summed E-state index contributed by atoms with van der Waals surface area (Å²) in [6.07, 6.45) is 4.25. The molecule has 0 unspecified atom stereocenters. The summed E-state index contributed by atoms with van der Waals surface area (Å²) in [5.74, 6) is 0.530. The van der Waals surface area contributed by atoms with Crippen molar-refractivity contribution >= 4 is 14.3 Å². The quantitative estimate of drug-likeness (QED) is 0.0575. The molecule has 0 saturated carbocycles. The van der Waals surface area contributed by atoms with Crippen LogP contribution in [0.3, 0.4) is 0 Å². The van der Waals surface area contributed by atoms with Gasteiger partial charge in [0.05, 0.1) is 45.1 Å². The summed E-state index contributed by atoms with van der Waals surface area (Å²) in [7, 11) is -0.437. The highest BCUT2D eigenvalue weighted by Gasteiger charge is 2.60. The standard InChI is InChI=1S/C43H66O8Si/c1-11-24-42(8)38(50-41(44)23-26-48-52(31(2)3,32(4)5)33(6)7)28-40-43(9,51-42)39(47-30-35-19-21-36(45-10)22-20-35)27-37(49-40)18-15-25-46-29-34-16-13-12-14-17-34/h11-14,16-17,19-22,31-33,37-40H,1,15,18,23-30H2,2-10H3/t37-,38-,39+,40+,42+,43-/m0/s1. The van der Waals surface area contributed by atoms with Crippen LogP contribution in [0.4, 0.5) is 0 Å². The number of esters is 1. The molecule has 0 spiro atoms. The van der Waals surface area contributed by atoms with Gasteiger partial charge in [-0.3, -0.25) is 4.79 Å². The van der Waals surface area contributed by atoms with Crippen LogP contribution in [0.5, 0.6) is 5.75 Å². The topological polar surface area (TPSA) is 81.7 Å². The monoisotopic (exact) mass is 738 g/mol. The molecular weight excluding hydrogens is 673 g/mol. The third-order valence-corrected chi connectivity index (χ3v) is 17.5. The Bertz CT molecular complexity index is 1360. The summed E-state index contributed by atoms with van der Waals surface area (Å²) in [4.78, 5) is 13.5. The maximum absolute atomic E-state index is 13.5. The zero-order valence-corrected chi connectivity index (χ0v) is 34.4. The zero-order chi connectivity index (χ0) is 37.9. The number of hydrogen-bond donors (Lipinski definition) is 0. The number of fused-ring (bicyclic) bond motifs is 1. The van der Waals surface area contributed by atoms with Crippen LogP contribution in [0.1, 0.15) is 105 Å². The van der Waals surface area contributed by atoms with E-state index >= 15 is 0 Å². The van der Waals surface area contributed by atoms with Crippen LogP contribution < -0.4 is 4.74 Å². The number of hydrogen-bond acceptors (Lipinski definition) is 8. The first-order chi connectivity index (χ1) is 24.8. The molecule has 2 aromatic carbocycles. The maximum Gasteiger partial charge on any atom is 0.308 e. The van der Waals surface area contributed by atoms with Gasteiger partial charge in [-0.25, -0.2) is 0 Å². The molecule has 2 fully saturated rings. The third-order valence-electron chi connectivity index (χ3n) is 11.4. The molecule has 2 heterocycles. The van der Waals surface area contributed by atoms with Crippen molar-refractivity contribution in [1.29, 1.82) is 0 Å². The summed E-state index contributed by atoms with van der Waals surface area (Å²) in [5, 5.41) is 0. The first kappa shape index (κ1) is 42.2. The number of methoxy groups -OCH3 is 1. The number of carbonyl (C=O) groups is 1. The molecule has 8 nitrogen and oxygen atoms in total. The lowest BCUT2D eigenvalue weighted by molar-refractivity contribution is -0.333. The minimum atomic E-state index is -2.10. The second-order valence-corrected chi connectivity index (χ2v) is 21.5. The largest absolute Gasteiger partial charge is 0.497 e. The predicted octanol–water partition coefficient (Wildman–Crippen LogP) is 9.74. The van der Waals surface area contributed by atoms with Crippen LogP contribution in [0.25, 0.3) is 0 Å². The lowest BCUT2D eigenvalue weighted by Gasteiger charge is -2.58. The van der Waals surface area contributed by atoms with E-state index in [0.717, 1.165) is 29.7 Å². The van der Waals surface area contributed by atoms with Gasteiger partial charge in [0.2, 0.25) is 0 Å². The Hall–Kier alpha value is -2.53. The lowest BCUT2D eigenvalue weighted by Crippen LogP contribution is -2.69. The molecule has 6 atom stereocenters. The Morgan fingerprint density at radius 1 is 0.904 bits per heavy atom. The Labute approximate surface area is 315 Å². The van der Waals surface area contributed by atoms with Gasteiger partial charge in [0.15, 0.2) is 8.32 Å². The van der Waals surface area contributed by atoms with Crippen molar-refractivity contribution in [1.82, 2.24) is 0 Å². The van der Waals surface area contributed by atoms with Crippen LogP contribution in [0.15, 0.2) is 67.3 Å². The average molecular weight is 739 g/mol. The van der Waals surface area contributed by atoms with Crippen LogP contribution in [0, 0.1) is 0 Å². The molecule has 0 aliphatic carbocycles. The molecule has 4 rings (SSSR count). The van der Waals surface area contributed by atoms with Crippen LogP contribution >= 0.6 is 0 Å². The highest BCUT2D eigenvalue weighted by Crippen LogP contribution is 2.48. The van der Waals surface area contributed by atoms with E-state index in [1.54, 1.807) is 7.11 Å². The maximum atomic E-state index is 13.5. The zero-order valence-electron chi connectivity index (χ0n) is 33.4. The van der Waals surface area contributed by atoms with Crippen LogP contribution in [0.2, 0.25) is 16.6 Å². The van der Waals surface area contributed by atoms with Gasteiger partial charge in [0, 0.05) is 26.1 Å². The third kappa shape index (κ3) is 10.4. The van der Waals surface area contributed by atoms with E-state index < -0.39 is 25.6 Å². The van der Waals surface area contributed by atoms with E-state index in [-0.39, 0.29) is 30.7 Å². The van der Waals surface area contributed by atoms with Gasteiger partial charge < -0.3 is 32.8 Å². The predicted molar refractivity (Wildman–Crippen MR) is 209 cm³/mol. The van der Waals surface area contributed by atoms with Gasteiger partial charge in [-0.15, -0.1) is 6.58 Å². The normalized spacial score (nSPS) is 26.4. The second-order valence-electron chi connectivity index (χ2n) is 16.0. The molecule has 9 heteroatoms. The number of rotatable bonds is 20. The minimum absolute atomic E-state index is 0.0578. The van der Waals surface area contributed by atoms with Crippen molar-refractivity contribution in [2.45, 2.75) is 159 Å². The Morgan fingerprint density at radius 3 is 2.17 bits per heavy atom. The van der Waals surface area contributed by atoms with E-state index in [1.807, 2.05) is 55.5 Å². The van der Waals surface area contributed by atoms with Crippen molar-refractivity contribution in [3.8, 4) is 5.75 Å². The van der Waals surface area contributed by atoms with Gasteiger partial charge in [0.25, 0.3) is 0 Å². The molecule has 2 aliphatic heterocycles. The molecule has 2 aliphatic rings. The molecule has 0 aromatic heterocycles. The van der Waals surface area contributed by atoms with Crippen molar-refractivity contribution in [3.63, 3.8) is 0 Å². The lowest BCUT2D eigenvalue weighted by atomic mass is 9.75. The number of ether oxygens (including phenoxy) is 6. The number of carbonyl (C=O) groups excluding carboxylic acids is 1. The van der Waals surface area contributed by atoms with Crippen LogP contribution in [-0.2, 0) is 46.1 Å². The summed E-state index contributed by atoms with van der Waals surface area (Å²) in [6.45, 7) is 23.7. The van der Waals surface area contributed by atoms with Crippen molar-refractivity contribution in [2.75, 3.05) is 20.3 Å². The fraction of sp³-hybridized carbons (Fsp3) is 0.651. The molecule has 2 saturated heterocycles. The minimum Gasteiger partial charge on any atom is -0.497 e. The first-order valence-electron chi connectivity index (χ1n) is 19.4. The van der Waals surface area contributed by atoms with Gasteiger partial charge >= 0.3 is 5.97 Å². The Morgan fingerprint density at radius 2 is 1.56 bits per heavy atom. The van der Waals surface area contributed by atoms with E-state index in [9.17, 15) is 4.79 Å². The molecule has 2 aromatic rings. The van der Waals surface area contributed by atoms with E-state index in [0.29, 0.717) is 62.3 Å². The first-order valence-corrected chi connectivity index (χ1v) is 21.6. The van der Waals surface area contributed by atoms with Crippen molar-refractivity contribution in [2.24, 2.45) is 0 Å². The molecule has 52 heavy (non-hydrogen) atoms. The van der Waals surface area contributed by atoms with E-state index in [1.165, 1.54) is 0 Å². The fourth-order valence-electron chi connectivity index (χ4n) is 8.71. The summed E-state index contributed by atoms with van der Waals surface area (Å²) in [6, 6.07) is 18.2. The molecule has 0 bridgehead atoms. The molecule has 290 valence electrons. The van der Waals surface area contributed by atoms with Crippen LogP contribution in [-0.4, -0.2) is 70.2 Å². The van der Waals surface area contributed by atoms with E-state index in [4.69, 9.17) is 32.8 Å². The van der Waals surface area contributed by atoms with Gasteiger partial charge in [0.1, 0.15) is 23.1 Å². The summed E-state index contributed by atoms with van der Waals surface area (Å²) >= 11 is 0. The Kier molecular flexibility index (Phi) is 15.6. The highest BCUT2D eigenvalue weighted by atomic mass is 28.4. The van der Waals surface area contributed by atoms with Crippen molar-refractivity contribution in [3.05, 3.63) is 78.4 Å². The SMILES string of the molecule is C=CC[C@@]1(C)O[C@@]2(C)[C@H](OCc3ccc(OC)cc3)C[C@H](CCCOCc3ccccc3)O[C@@H]2C[C@@H]1OC(=O)CCO[Si](C(C)C)(C(C)C)C(C)C. The van der Waals surface area contributed by atoms with Crippen molar-refractivity contribution < 1.29 is 37.6 Å². The van der Waals surface area contributed by atoms with Gasteiger partial charge in [-0.1, -0.05) is 90.1 Å². The van der Waals surface area contributed by atoms with Gasteiger partial charge in [-0.05, 0) is 73.0 Å². The van der Waals surface area contributed by atoms with E-state index in [2.05, 4.69) is 67.2 Å². The Balaban J connectivity index is 1.47. The number of benzene rings is 2. The second kappa shape index (κ2) is 19.2.